The lowest BCUT2D eigenvalue weighted by Crippen LogP contribution is -2.27. The first-order valence-corrected chi connectivity index (χ1v) is 6.74. The van der Waals surface area contributed by atoms with Gasteiger partial charge in [0.15, 0.2) is 0 Å². The van der Waals surface area contributed by atoms with Crippen molar-refractivity contribution in [3.8, 4) is 0 Å². The van der Waals surface area contributed by atoms with Gasteiger partial charge in [-0.15, -0.1) is 0 Å². The fourth-order valence-electron chi connectivity index (χ4n) is 3.13. The number of fused-ring (bicyclic) bond motifs is 2. The first kappa shape index (κ1) is 12.4. The molecule has 0 amide bonds. The van der Waals surface area contributed by atoms with Gasteiger partial charge in [-0.3, -0.25) is 4.98 Å². The first-order chi connectivity index (χ1) is 8.87. The second-order valence-electron chi connectivity index (χ2n) is 6.47. The van der Waals surface area contributed by atoms with E-state index in [0.29, 0.717) is 5.69 Å². The van der Waals surface area contributed by atoms with Gasteiger partial charge in [0.25, 0.3) is 0 Å². The lowest BCUT2D eigenvalue weighted by atomic mass is 9.74. The summed E-state index contributed by atoms with van der Waals surface area (Å²) in [7, 11) is 0. The zero-order valence-electron chi connectivity index (χ0n) is 11.7. The number of aliphatic hydroxyl groups is 1. The van der Waals surface area contributed by atoms with Crippen molar-refractivity contribution in [2.45, 2.75) is 39.7 Å². The molecule has 3 rings (SSSR count). The summed E-state index contributed by atoms with van der Waals surface area (Å²) in [5.41, 5.74) is 10.9. The summed E-state index contributed by atoms with van der Waals surface area (Å²) in [6.07, 6.45) is 1.11. The van der Waals surface area contributed by atoms with E-state index < -0.39 is 6.10 Å². The van der Waals surface area contributed by atoms with Gasteiger partial charge in [-0.2, -0.15) is 0 Å². The molecule has 1 aromatic heterocycles. The van der Waals surface area contributed by atoms with Crippen molar-refractivity contribution in [3.63, 3.8) is 0 Å². The highest BCUT2D eigenvalue weighted by Crippen LogP contribution is 2.43. The summed E-state index contributed by atoms with van der Waals surface area (Å²) < 4.78 is 0. The number of anilines is 1. The van der Waals surface area contributed by atoms with E-state index in [1.54, 1.807) is 0 Å². The van der Waals surface area contributed by atoms with Crippen molar-refractivity contribution in [3.05, 3.63) is 35.0 Å². The van der Waals surface area contributed by atoms with Gasteiger partial charge in [-0.25, -0.2) is 0 Å². The lowest BCUT2D eigenvalue weighted by molar-refractivity contribution is 0.0992. The molecule has 0 radical (unpaired) electrons. The van der Waals surface area contributed by atoms with E-state index >= 15 is 0 Å². The highest BCUT2D eigenvalue weighted by molar-refractivity contribution is 5.92. The van der Waals surface area contributed by atoms with Gasteiger partial charge in [0.2, 0.25) is 0 Å². The van der Waals surface area contributed by atoms with E-state index in [2.05, 4.69) is 26.8 Å². The number of nitrogens with two attached hydrogens (primary N) is 1. The van der Waals surface area contributed by atoms with Crippen LogP contribution >= 0.6 is 0 Å². The number of aryl methyl sites for hydroxylation is 1. The zero-order chi connectivity index (χ0) is 13.8. The molecule has 0 saturated heterocycles. The minimum atomic E-state index is -0.503. The zero-order valence-corrected chi connectivity index (χ0v) is 11.7. The van der Waals surface area contributed by atoms with Crippen molar-refractivity contribution in [2.24, 2.45) is 5.41 Å². The Balaban J connectivity index is 2.30. The molecule has 1 heterocycles. The number of pyridine rings is 1. The number of rotatable bonds is 0. The summed E-state index contributed by atoms with van der Waals surface area (Å²) in [5, 5.41) is 11.3. The van der Waals surface area contributed by atoms with Crippen LogP contribution in [-0.4, -0.2) is 10.1 Å². The number of aromatic nitrogens is 1. The molecule has 1 unspecified atom stereocenters. The Hall–Kier alpha value is -1.61. The van der Waals surface area contributed by atoms with Crippen LogP contribution in [0.15, 0.2) is 18.2 Å². The molecule has 0 spiro atoms. The number of nitrogens with zero attached hydrogens (tertiary/aromatic N) is 1. The lowest BCUT2D eigenvalue weighted by Gasteiger charge is -2.34. The Kier molecular flexibility index (Phi) is 2.58. The third kappa shape index (κ3) is 1.98. The fourth-order valence-corrected chi connectivity index (χ4v) is 3.13. The van der Waals surface area contributed by atoms with Gasteiger partial charge in [0, 0.05) is 22.3 Å². The number of hydrogen-bond donors (Lipinski definition) is 2. The van der Waals surface area contributed by atoms with Crippen molar-refractivity contribution in [1.82, 2.24) is 4.98 Å². The van der Waals surface area contributed by atoms with Crippen LogP contribution in [0, 0.1) is 12.3 Å². The Morgan fingerprint density at radius 3 is 2.84 bits per heavy atom. The second kappa shape index (κ2) is 3.94. The molecular weight excluding hydrogens is 236 g/mol. The molecule has 0 fully saturated rings. The molecule has 3 N–H and O–H groups in total. The predicted octanol–water partition coefficient (Wildman–Crippen LogP) is 3.13. The Labute approximate surface area is 113 Å². The fraction of sp³-hybridized carbons (Fsp3) is 0.438. The molecule has 1 aliphatic carbocycles. The maximum atomic E-state index is 10.4. The van der Waals surface area contributed by atoms with E-state index in [1.807, 2.05) is 12.1 Å². The van der Waals surface area contributed by atoms with Crippen molar-refractivity contribution in [1.29, 1.82) is 0 Å². The van der Waals surface area contributed by atoms with Gasteiger partial charge < -0.3 is 10.8 Å². The van der Waals surface area contributed by atoms with E-state index in [0.717, 1.165) is 35.0 Å². The minimum Gasteiger partial charge on any atom is -0.398 e. The summed E-state index contributed by atoms with van der Waals surface area (Å²) in [6, 6.07) is 6.09. The highest BCUT2D eigenvalue weighted by atomic mass is 16.3. The standard InChI is InChI=1S/C16H20N2O/c1-9-4-5-10-11(6-9)18-12-7-16(2,3)8-13(19)14(12)15(10)17/h4-6,13,19H,7-8H2,1-3H3,(H2,17,18). The van der Waals surface area contributed by atoms with Crippen molar-refractivity contribution >= 4 is 16.6 Å². The second-order valence-corrected chi connectivity index (χ2v) is 6.47. The number of aliphatic hydroxyl groups excluding tert-OH is 1. The van der Waals surface area contributed by atoms with Crippen molar-refractivity contribution < 1.29 is 5.11 Å². The molecule has 1 aliphatic rings. The maximum absolute atomic E-state index is 10.4. The summed E-state index contributed by atoms with van der Waals surface area (Å²) in [6.45, 7) is 6.38. The number of benzene rings is 1. The third-order valence-corrected chi connectivity index (χ3v) is 4.03. The van der Waals surface area contributed by atoms with Gasteiger partial charge >= 0.3 is 0 Å². The minimum absolute atomic E-state index is 0.0728. The van der Waals surface area contributed by atoms with E-state index in [-0.39, 0.29) is 5.41 Å². The molecule has 3 nitrogen and oxygen atoms in total. The summed E-state index contributed by atoms with van der Waals surface area (Å²) in [4.78, 5) is 4.74. The normalized spacial score (nSPS) is 21.4. The van der Waals surface area contributed by atoms with Gasteiger partial charge in [-0.1, -0.05) is 26.0 Å². The van der Waals surface area contributed by atoms with Crippen molar-refractivity contribution in [2.75, 3.05) is 5.73 Å². The van der Waals surface area contributed by atoms with E-state index in [4.69, 9.17) is 10.7 Å². The van der Waals surface area contributed by atoms with Crippen LogP contribution in [-0.2, 0) is 6.42 Å². The molecule has 3 heteroatoms. The van der Waals surface area contributed by atoms with Gasteiger partial charge in [0.1, 0.15) is 0 Å². The molecular formula is C16H20N2O. The summed E-state index contributed by atoms with van der Waals surface area (Å²) >= 11 is 0. The smallest absolute Gasteiger partial charge is 0.0833 e. The predicted molar refractivity (Wildman–Crippen MR) is 78.0 cm³/mol. The first-order valence-electron chi connectivity index (χ1n) is 6.74. The Bertz CT molecular complexity index is 661. The highest BCUT2D eigenvalue weighted by Gasteiger charge is 2.34. The SMILES string of the molecule is Cc1ccc2c(N)c3c(nc2c1)CC(C)(C)CC3O. The third-order valence-electron chi connectivity index (χ3n) is 4.03. The molecule has 19 heavy (non-hydrogen) atoms. The van der Waals surface area contributed by atoms with E-state index in [9.17, 15) is 5.11 Å². The molecule has 0 saturated carbocycles. The largest absolute Gasteiger partial charge is 0.398 e. The molecule has 1 atom stereocenters. The molecule has 0 aliphatic heterocycles. The van der Waals surface area contributed by atoms with Crippen LogP contribution in [0.4, 0.5) is 5.69 Å². The molecule has 100 valence electrons. The number of hydrogen-bond acceptors (Lipinski definition) is 3. The average Bonchev–Trinajstić information content (AvgIpc) is 2.25. The van der Waals surface area contributed by atoms with Crippen LogP contribution in [0.25, 0.3) is 10.9 Å². The molecule has 2 aromatic rings. The van der Waals surface area contributed by atoms with Crippen LogP contribution in [0.3, 0.4) is 0 Å². The van der Waals surface area contributed by atoms with Gasteiger partial charge in [-0.05, 0) is 36.8 Å². The van der Waals surface area contributed by atoms with Crippen LogP contribution in [0.2, 0.25) is 0 Å². The monoisotopic (exact) mass is 256 g/mol. The van der Waals surface area contributed by atoms with Crippen LogP contribution in [0.5, 0.6) is 0 Å². The van der Waals surface area contributed by atoms with Crippen LogP contribution in [0.1, 0.15) is 43.2 Å². The Morgan fingerprint density at radius 1 is 1.37 bits per heavy atom. The Morgan fingerprint density at radius 2 is 2.11 bits per heavy atom. The van der Waals surface area contributed by atoms with E-state index in [1.165, 1.54) is 5.56 Å². The number of nitrogen functional groups attached to an aromatic ring is 1. The van der Waals surface area contributed by atoms with Crippen LogP contribution < -0.4 is 5.73 Å². The quantitative estimate of drug-likeness (QED) is 0.761. The maximum Gasteiger partial charge on any atom is 0.0833 e. The topological polar surface area (TPSA) is 59.1 Å². The van der Waals surface area contributed by atoms with Gasteiger partial charge in [0.05, 0.1) is 11.6 Å². The average molecular weight is 256 g/mol. The molecule has 0 bridgehead atoms. The molecule has 1 aromatic carbocycles. The summed E-state index contributed by atoms with van der Waals surface area (Å²) in [5.74, 6) is 0.